The van der Waals surface area contributed by atoms with E-state index in [2.05, 4.69) is 4.72 Å². The van der Waals surface area contributed by atoms with Crippen molar-refractivity contribution in [2.75, 3.05) is 0 Å². The van der Waals surface area contributed by atoms with E-state index in [1.54, 1.807) is 0 Å². The summed E-state index contributed by atoms with van der Waals surface area (Å²) in [6, 6.07) is 2.24. The van der Waals surface area contributed by atoms with Crippen molar-refractivity contribution in [1.29, 1.82) is 0 Å². The molecule has 2 rings (SSSR count). The van der Waals surface area contributed by atoms with Gasteiger partial charge in [0.2, 0.25) is 10.0 Å². The van der Waals surface area contributed by atoms with Crippen LogP contribution in [-0.4, -0.2) is 14.0 Å². The quantitative estimate of drug-likeness (QED) is 0.875. The van der Waals surface area contributed by atoms with Crippen molar-refractivity contribution in [3.63, 3.8) is 0 Å². The van der Waals surface area contributed by atoms with Crippen LogP contribution in [0.5, 0.6) is 0 Å². The lowest BCUT2D eigenvalue weighted by atomic mass is 10.0. The first kappa shape index (κ1) is 15.7. The van der Waals surface area contributed by atoms with Crippen LogP contribution in [0.25, 0.3) is 0 Å². The zero-order valence-electron chi connectivity index (χ0n) is 11.4. The van der Waals surface area contributed by atoms with Crippen molar-refractivity contribution < 1.29 is 12.8 Å². The third-order valence-electron chi connectivity index (χ3n) is 3.60. The van der Waals surface area contributed by atoms with Crippen molar-refractivity contribution in [2.24, 2.45) is 11.7 Å². The van der Waals surface area contributed by atoms with Crippen LogP contribution in [0.2, 0.25) is 5.02 Å². The minimum Gasteiger partial charge on any atom is -0.326 e. The van der Waals surface area contributed by atoms with Gasteiger partial charge in [0, 0.05) is 12.1 Å². The van der Waals surface area contributed by atoms with Gasteiger partial charge in [-0.15, -0.1) is 0 Å². The van der Waals surface area contributed by atoms with Gasteiger partial charge in [0.15, 0.2) is 0 Å². The Morgan fingerprint density at radius 3 is 2.55 bits per heavy atom. The third-order valence-corrected chi connectivity index (χ3v) is 5.68. The van der Waals surface area contributed by atoms with Gasteiger partial charge in [0.1, 0.15) is 5.82 Å². The number of nitrogens with one attached hydrogen (secondary N) is 1. The van der Waals surface area contributed by atoms with E-state index < -0.39 is 21.4 Å². The highest BCUT2D eigenvalue weighted by atomic mass is 35.5. The Balaban J connectivity index is 2.36. The summed E-state index contributed by atoms with van der Waals surface area (Å²) in [7, 11) is -3.80. The molecular formula is C13H18ClFN2O2S. The first-order chi connectivity index (χ1) is 9.17. The molecule has 1 saturated carbocycles. The Morgan fingerprint density at radius 1 is 1.45 bits per heavy atom. The smallest absolute Gasteiger partial charge is 0.241 e. The SMILES string of the molecule is CC(C)(NS(=O)(=O)c1cc(F)c(Cl)c(CN)c1)C1CC1. The van der Waals surface area contributed by atoms with E-state index in [1.165, 1.54) is 6.07 Å². The summed E-state index contributed by atoms with van der Waals surface area (Å²) in [5.41, 5.74) is 5.18. The molecule has 1 aliphatic carbocycles. The number of hydrogen-bond donors (Lipinski definition) is 2. The molecule has 0 unspecified atom stereocenters. The van der Waals surface area contributed by atoms with E-state index in [0.29, 0.717) is 5.92 Å². The number of halogens is 2. The van der Waals surface area contributed by atoms with Crippen LogP contribution in [0.15, 0.2) is 17.0 Å². The van der Waals surface area contributed by atoms with Gasteiger partial charge in [0.25, 0.3) is 0 Å². The van der Waals surface area contributed by atoms with E-state index in [-0.39, 0.29) is 22.0 Å². The summed E-state index contributed by atoms with van der Waals surface area (Å²) < 4.78 is 41.0. The van der Waals surface area contributed by atoms with Gasteiger partial charge in [-0.1, -0.05) is 11.6 Å². The van der Waals surface area contributed by atoms with Gasteiger partial charge < -0.3 is 5.73 Å². The molecule has 0 aliphatic heterocycles. The predicted molar refractivity (Wildman–Crippen MR) is 76.4 cm³/mol. The molecule has 7 heteroatoms. The highest BCUT2D eigenvalue weighted by Crippen LogP contribution is 2.40. The second-order valence-corrected chi connectivity index (χ2v) is 7.74. The van der Waals surface area contributed by atoms with Gasteiger partial charge in [-0.2, -0.15) is 0 Å². The highest BCUT2D eigenvalue weighted by molar-refractivity contribution is 7.89. The standard InChI is InChI=1S/C13H18ClFN2O2S/c1-13(2,9-3-4-9)17-20(18,19)10-5-8(7-16)12(14)11(15)6-10/h5-6,9,17H,3-4,7,16H2,1-2H3. The minimum atomic E-state index is -3.80. The lowest BCUT2D eigenvalue weighted by Gasteiger charge is -2.26. The topological polar surface area (TPSA) is 72.2 Å². The molecule has 0 aromatic heterocycles. The molecule has 1 aliphatic rings. The van der Waals surface area contributed by atoms with Crippen LogP contribution in [0.4, 0.5) is 4.39 Å². The highest BCUT2D eigenvalue weighted by Gasteiger charge is 2.40. The van der Waals surface area contributed by atoms with Crippen molar-refractivity contribution in [2.45, 2.75) is 43.7 Å². The Bertz CT molecular complexity index is 628. The van der Waals surface area contributed by atoms with Crippen LogP contribution >= 0.6 is 11.6 Å². The third kappa shape index (κ3) is 3.14. The Kier molecular flexibility index (Phi) is 4.12. The van der Waals surface area contributed by atoms with Gasteiger partial charge in [-0.25, -0.2) is 17.5 Å². The van der Waals surface area contributed by atoms with Gasteiger partial charge in [-0.3, -0.25) is 0 Å². The molecule has 0 amide bonds. The summed E-state index contributed by atoms with van der Waals surface area (Å²) in [4.78, 5) is -0.145. The molecule has 1 aromatic carbocycles. The van der Waals surface area contributed by atoms with Crippen molar-refractivity contribution >= 4 is 21.6 Å². The van der Waals surface area contributed by atoms with Gasteiger partial charge in [0.05, 0.1) is 9.92 Å². The number of sulfonamides is 1. The van der Waals surface area contributed by atoms with Crippen LogP contribution in [0, 0.1) is 11.7 Å². The summed E-state index contributed by atoms with van der Waals surface area (Å²) in [6.07, 6.45) is 2.00. The molecule has 0 atom stereocenters. The molecule has 112 valence electrons. The Labute approximate surface area is 123 Å². The minimum absolute atomic E-state index is 0.0227. The molecule has 0 bridgehead atoms. The zero-order valence-corrected chi connectivity index (χ0v) is 13.0. The molecule has 20 heavy (non-hydrogen) atoms. The van der Waals surface area contributed by atoms with Crippen molar-refractivity contribution in [3.8, 4) is 0 Å². The van der Waals surface area contributed by atoms with Crippen LogP contribution < -0.4 is 10.5 Å². The second kappa shape index (κ2) is 5.26. The summed E-state index contributed by atoms with van der Waals surface area (Å²) in [5.74, 6) is -0.456. The number of benzene rings is 1. The molecule has 3 N–H and O–H groups in total. The zero-order chi connectivity index (χ0) is 15.1. The maximum absolute atomic E-state index is 13.7. The van der Waals surface area contributed by atoms with E-state index in [9.17, 15) is 12.8 Å². The molecular weight excluding hydrogens is 303 g/mol. The maximum Gasteiger partial charge on any atom is 0.241 e. The average molecular weight is 321 g/mol. The fraction of sp³-hybridized carbons (Fsp3) is 0.538. The monoisotopic (exact) mass is 320 g/mol. The largest absolute Gasteiger partial charge is 0.326 e. The molecule has 0 radical (unpaired) electrons. The molecule has 0 saturated heterocycles. The fourth-order valence-electron chi connectivity index (χ4n) is 2.22. The lowest BCUT2D eigenvalue weighted by molar-refractivity contribution is 0.400. The fourth-order valence-corrected chi connectivity index (χ4v) is 3.94. The van der Waals surface area contributed by atoms with Crippen LogP contribution in [-0.2, 0) is 16.6 Å². The van der Waals surface area contributed by atoms with Gasteiger partial charge in [-0.05, 0) is 50.3 Å². The number of hydrogen-bond acceptors (Lipinski definition) is 3. The van der Waals surface area contributed by atoms with E-state index in [4.69, 9.17) is 17.3 Å². The van der Waals surface area contributed by atoms with Crippen molar-refractivity contribution in [3.05, 3.63) is 28.5 Å². The first-order valence-electron chi connectivity index (χ1n) is 6.39. The van der Waals surface area contributed by atoms with Crippen LogP contribution in [0.1, 0.15) is 32.3 Å². The number of nitrogens with two attached hydrogens (primary N) is 1. The molecule has 0 spiro atoms. The average Bonchev–Trinajstić information content (AvgIpc) is 3.15. The van der Waals surface area contributed by atoms with E-state index in [0.717, 1.165) is 18.9 Å². The Morgan fingerprint density at radius 2 is 2.05 bits per heavy atom. The molecule has 1 fully saturated rings. The van der Waals surface area contributed by atoms with Gasteiger partial charge >= 0.3 is 0 Å². The lowest BCUT2D eigenvalue weighted by Crippen LogP contribution is -2.45. The number of rotatable bonds is 5. The maximum atomic E-state index is 13.7. The Hall–Kier alpha value is -0.690. The first-order valence-corrected chi connectivity index (χ1v) is 8.25. The summed E-state index contributed by atoms with van der Waals surface area (Å²) >= 11 is 5.74. The second-order valence-electron chi connectivity index (χ2n) is 5.68. The van der Waals surface area contributed by atoms with E-state index >= 15 is 0 Å². The normalized spacial score (nSPS) is 16.4. The van der Waals surface area contributed by atoms with E-state index in [1.807, 2.05) is 13.8 Å². The predicted octanol–water partition coefficient (Wildman–Crippen LogP) is 2.40. The summed E-state index contributed by atoms with van der Waals surface area (Å²) in [6.45, 7) is 3.64. The van der Waals surface area contributed by atoms with Crippen LogP contribution in [0.3, 0.4) is 0 Å². The molecule has 1 aromatic rings. The molecule has 0 heterocycles. The van der Waals surface area contributed by atoms with Crippen molar-refractivity contribution in [1.82, 2.24) is 4.72 Å². The summed E-state index contributed by atoms with van der Waals surface area (Å²) in [5, 5.41) is -0.132. The molecule has 4 nitrogen and oxygen atoms in total.